The summed E-state index contributed by atoms with van der Waals surface area (Å²) in [4.78, 5) is 13.2. The van der Waals surface area contributed by atoms with E-state index in [0.29, 0.717) is 17.5 Å². The van der Waals surface area contributed by atoms with Crippen molar-refractivity contribution in [2.75, 3.05) is 19.4 Å². The summed E-state index contributed by atoms with van der Waals surface area (Å²) in [5.41, 5.74) is 8.66. The topological polar surface area (TPSA) is 92.5 Å². The van der Waals surface area contributed by atoms with Crippen molar-refractivity contribution in [2.45, 2.75) is 56.9 Å². The molecule has 2 bridgehead atoms. The van der Waals surface area contributed by atoms with Gasteiger partial charge in [-0.1, -0.05) is 6.42 Å². The zero-order valence-corrected chi connectivity index (χ0v) is 17.5. The summed E-state index contributed by atoms with van der Waals surface area (Å²) in [7, 11) is -0.540. The average molecular weight is 394 g/mol. The number of nitrogens with zero attached hydrogens (tertiary/aromatic N) is 1. The summed E-state index contributed by atoms with van der Waals surface area (Å²) < 4.78 is 26.2. The van der Waals surface area contributed by atoms with Crippen LogP contribution in [0.25, 0.3) is 0 Å². The maximum Gasteiger partial charge on any atom is 0.242 e. The van der Waals surface area contributed by atoms with Gasteiger partial charge in [0.25, 0.3) is 0 Å². The highest BCUT2D eigenvalue weighted by Crippen LogP contribution is 2.42. The van der Waals surface area contributed by atoms with Crippen LogP contribution in [0.3, 0.4) is 0 Å². The minimum atomic E-state index is -3.55. The molecule has 2 saturated carbocycles. The fourth-order valence-corrected chi connectivity index (χ4v) is 5.57. The minimum absolute atomic E-state index is 0.0132. The molecule has 1 amide bonds. The number of carbonyl (C=O) groups excluding carboxylic acids is 1. The predicted octanol–water partition coefficient (Wildman–Crippen LogP) is 2.65. The molecule has 2 fully saturated rings. The Bertz CT molecular complexity index is 821. The molecule has 3 rings (SSSR count). The van der Waals surface area contributed by atoms with Crippen molar-refractivity contribution < 1.29 is 13.2 Å². The third kappa shape index (κ3) is 3.91. The Morgan fingerprint density at radius 1 is 1.15 bits per heavy atom. The molecule has 1 aromatic carbocycles. The lowest BCUT2D eigenvalue weighted by molar-refractivity contribution is -0.122. The summed E-state index contributed by atoms with van der Waals surface area (Å²) in [6.45, 7) is 3.77. The molecule has 0 radical (unpaired) electrons. The second kappa shape index (κ2) is 7.53. The number of nitrogens with one attached hydrogen (secondary N) is 1. The second-order valence-corrected chi connectivity index (χ2v) is 10.5. The first kappa shape index (κ1) is 20.3. The molecule has 1 aromatic rings. The van der Waals surface area contributed by atoms with Crippen molar-refractivity contribution in [2.24, 2.45) is 23.5 Å². The van der Waals surface area contributed by atoms with E-state index in [-0.39, 0.29) is 22.8 Å². The number of amides is 1. The smallest absolute Gasteiger partial charge is 0.242 e. The Morgan fingerprint density at radius 3 is 2.30 bits per heavy atom. The van der Waals surface area contributed by atoms with Gasteiger partial charge in [0.2, 0.25) is 15.9 Å². The van der Waals surface area contributed by atoms with E-state index < -0.39 is 10.0 Å². The predicted molar refractivity (Wildman–Crippen MR) is 107 cm³/mol. The Hall–Kier alpha value is -1.44. The Morgan fingerprint density at radius 2 is 1.74 bits per heavy atom. The van der Waals surface area contributed by atoms with E-state index in [2.05, 4.69) is 5.32 Å². The van der Waals surface area contributed by atoms with Gasteiger partial charge >= 0.3 is 0 Å². The van der Waals surface area contributed by atoms with Gasteiger partial charge in [-0.25, -0.2) is 12.7 Å². The van der Waals surface area contributed by atoms with Crippen molar-refractivity contribution in [1.82, 2.24) is 4.31 Å². The van der Waals surface area contributed by atoms with Crippen LogP contribution < -0.4 is 11.1 Å². The maximum atomic E-state index is 13.0. The lowest BCUT2D eigenvalue weighted by atomic mass is 9.65. The number of hydrogen-bond donors (Lipinski definition) is 2. The number of hydrogen-bond acceptors (Lipinski definition) is 4. The Labute approximate surface area is 162 Å². The summed E-state index contributed by atoms with van der Waals surface area (Å²) in [5, 5.41) is 3.01. The molecule has 2 aliphatic carbocycles. The largest absolute Gasteiger partial charge is 0.327 e. The quantitative estimate of drug-likeness (QED) is 0.822. The van der Waals surface area contributed by atoms with Gasteiger partial charge in [-0.15, -0.1) is 0 Å². The monoisotopic (exact) mass is 393 g/mol. The summed E-state index contributed by atoms with van der Waals surface area (Å²) >= 11 is 0. The first-order valence-electron chi connectivity index (χ1n) is 9.71. The van der Waals surface area contributed by atoms with Gasteiger partial charge in [0.15, 0.2) is 0 Å². The highest BCUT2D eigenvalue weighted by atomic mass is 32.2. The number of nitrogens with two attached hydrogens (primary N) is 1. The van der Waals surface area contributed by atoms with Crippen LogP contribution in [0.1, 0.15) is 43.2 Å². The van der Waals surface area contributed by atoms with Crippen molar-refractivity contribution in [3.05, 3.63) is 23.3 Å². The number of sulfonamides is 1. The fraction of sp³-hybridized carbons (Fsp3) is 0.650. The number of aryl methyl sites for hydroxylation is 1. The highest BCUT2D eigenvalue weighted by Gasteiger charge is 2.40. The van der Waals surface area contributed by atoms with Crippen LogP contribution in [0, 0.1) is 31.6 Å². The van der Waals surface area contributed by atoms with Crippen molar-refractivity contribution in [3.63, 3.8) is 0 Å². The molecule has 150 valence electrons. The molecular formula is C20H31N3O3S. The molecule has 3 N–H and O–H groups in total. The molecule has 2 atom stereocenters. The van der Waals surface area contributed by atoms with Gasteiger partial charge < -0.3 is 11.1 Å². The zero-order valence-electron chi connectivity index (χ0n) is 16.7. The number of rotatable bonds is 4. The van der Waals surface area contributed by atoms with Gasteiger partial charge in [-0.3, -0.25) is 4.79 Å². The lowest BCUT2D eigenvalue weighted by Crippen LogP contribution is -2.48. The van der Waals surface area contributed by atoms with Gasteiger partial charge in [-0.2, -0.15) is 0 Å². The lowest BCUT2D eigenvalue weighted by Gasteiger charge is -2.43. The van der Waals surface area contributed by atoms with E-state index in [1.165, 1.54) is 24.8 Å². The minimum Gasteiger partial charge on any atom is -0.327 e. The maximum absolute atomic E-state index is 13.0. The van der Waals surface area contributed by atoms with Gasteiger partial charge in [-0.05, 0) is 74.6 Å². The van der Waals surface area contributed by atoms with Gasteiger partial charge in [0.1, 0.15) is 0 Å². The van der Waals surface area contributed by atoms with Crippen LogP contribution >= 0.6 is 0 Å². The van der Waals surface area contributed by atoms with Crippen LogP contribution in [0.4, 0.5) is 5.69 Å². The number of carbonyl (C=O) groups is 1. The number of benzene rings is 1. The van der Waals surface area contributed by atoms with Crippen LogP contribution in [0.15, 0.2) is 17.0 Å². The van der Waals surface area contributed by atoms with Crippen molar-refractivity contribution in [1.29, 1.82) is 0 Å². The third-order valence-corrected chi connectivity index (χ3v) is 8.25. The zero-order chi connectivity index (χ0) is 19.9. The molecule has 0 aromatic heterocycles. The summed E-state index contributed by atoms with van der Waals surface area (Å²) in [6.07, 6.45) is 5.08. The molecule has 7 heteroatoms. The molecule has 0 saturated heterocycles. The number of fused-ring (bicyclic) bond motifs is 2. The number of anilines is 1. The van der Waals surface area contributed by atoms with E-state index in [1.807, 2.05) is 13.8 Å². The SMILES string of the molecule is Cc1cc(S(=O)(=O)N(C)C)cc(NC(=O)C2CC3CCCC(C2)C3N)c1C. The highest BCUT2D eigenvalue weighted by molar-refractivity contribution is 7.89. The van der Waals surface area contributed by atoms with Gasteiger partial charge in [0.05, 0.1) is 4.90 Å². The normalized spacial score (nSPS) is 28.2. The molecule has 27 heavy (non-hydrogen) atoms. The van der Waals surface area contributed by atoms with E-state index in [0.717, 1.165) is 36.8 Å². The van der Waals surface area contributed by atoms with E-state index >= 15 is 0 Å². The second-order valence-electron chi connectivity index (χ2n) is 8.39. The standard InChI is InChI=1S/C20H31N3O3S/c1-12-8-17(27(25,26)23(3)4)11-18(13(12)2)22-20(24)16-9-14-6-5-7-15(10-16)19(14)21/h8,11,14-16,19H,5-7,9-10,21H2,1-4H3,(H,22,24). The van der Waals surface area contributed by atoms with E-state index in [1.54, 1.807) is 12.1 Å². The molecule has 0 spiro atoms. The van der Waals surface area contributed by atoms with Crippen LogP contribution in [-0.4, -0.2) is 38.8 Å². The van der Waals surface area contributed by atoms with E-state index in [4.69, 9.17) is 5.73 Å². The average Bonchev–Trinajstić information content (AvgIpc) is 2.58. The molecule has 6 nitrogen and oxygen atoms in total. The first-order valence-corrected chi connectivity index (χ1v) is 11.2. The molecule has 0 aliphatic heterocycles. The first-order chi connectivity index (χ1) is 12.6. The molecule has 2 aliphatic rings. The third-order valence-electron chi connectivity index (χ3n) is 6.46. The fourth-order valence-electron chi connectivity index (χ4n) is 4.55. The Kier molecular flexibility index (Phi) is 5.66. The van der Waals surface area contributed by atoms with Crippen LogP contribution in [0.2, 0.25) is 0 Å². The molecule has 2 unspecified atom stereocenters. The van der Waals surface area contributed by atoms with Crippen molar-refractivity contribution in [3.8, 4) is 0 Å². The molecular weight excluding hydrogens is 362 g/mol. The van der Waals surface area contributed by atoms with E-state index in [9.17, 15) is 13.2 Å². The van der Waals surface area contributed by atoms with Gasteiger partial charge in [0, 0.05) is 31.7 Å². The summed E-state index contributed by atoms with van der Waals surface area (Å²) in [5.74, 6) is 0.794. The molecule has 0 heterocycles. The van der Waals surface area contributed by atoms with Crippen molar-refractivity contribution >= 4 is 21.6 Å². The van der Waals surface area contributed by atoms with Crippen LogP contribution in [-0.2, 0) is 14.8 Å². The summed E-state index contributed by atoms with van der Waals surface area (Å²) in [6, 6.07) is 3.45. The van der Waals surface area contributed by atoms with Crippen LogP contribution in [0.5, 0.6) is 0 Å². The Balaban J connectivity index is 1.83.